The van der Waals surface area contributed by atoms with E-state index in [-0.39, 0.29) is 9.23 Å². The van der Waals surface area contributed by atoms with Crippen LogP contribution in [0.4, 0.5) is 4.39 Å². The SMILES string of the molecule is O=C(O)C[C@@H](C(=O)O)N1C(=O)/C(=C/c2ccc(F)cc2)SC1=S. The van der Waals surface area contributed by atoms with Crippen molar-refractivity contribution in [1.29, 1.82) is 0 Å². The van der Waals surface area contributed by atoms with Crippen LogP contribution < -0.4 is 0 Å². The molecule has 1 aromatic carbocycles. The summed E-state index contributed by atoms with van der Waals surface area (Å²) in [7, 11) is 0. The highest BCUT2D eigenvalue weighted by Crippen LogP contribution is 2.34. The van der Waals surface area contributed by atoms with E-state index in [0.717, 1.165) is 16.7 Å². The lowest BCUT2D eigenvalue weighted by Crippen LogP contribution is -2.45. The fraction of sp³-hybridized carbons (Fsp3) is 0.143. The Bertz CT molecular complexity index is 716. The Morgan fingerprint density at radius 1 is 1.30 bits per heavy atom. The van der Waals surface area contributed by atoms with Crippen molar-refractivity contribution in [2.75, 3.05) is 0 Å². The van der Waals surface area contributed by atoms with E-state index in [1.807, 2.05) is 0 Å². The smallest absolute Gasteiger partial charge is 0.327 e. The van der Waals surface area contributed by atoms with Crippen molar-refractivity contribution in [2.24, 2.45) is 0 Å². The van der Waals surface area contributed by atoms with E-state index in [1.54, 1.807) is 0 Å². The van der Waals surface area contributed by atoms with Crippen molar-refractivity contribution >= 4 is 52.2 Å². The number of halogens is 1. The van der Waals surface area contributed by atoms with Crippen LogP contribution in [0.25, 0.3) is 6.08 Å². The number of aliphatic carboxylic acids is 2. The summed E-state index contributed by atoms with van der Waals surface area (Å²) in [5, 5.41) is 17.9. The predicted octanol–water partition coefficient (Wildman–Crippen LogP) is 1.95. The van der Waals surface area contributed by atoms with Gasteiger partial charge in [-0.1, -0.05) is 36.1 Å². The van der Waals surface area contributed by atoms with E-state index >= 15 is 0 Å². The average molecular weight is 355 g/mol. The van der Waals surface area contributed by atoms with Gasteiger partial charge in [0.25, 0.3) is 5.91 Å². The summed E-state index contributed by atoms with van der Waals surface area (Å²) < 4.78 is 12.8. The maximum Gasteiger partial charge on any atom is 0.327 e. The number of nitrogens with zero attached hydrogens (tertiary/aromatic N) is 1. The van der Waals surface area contributed by atoms with Gasteiger partial charge in [-0.15, -0.1) is 0 Å². The Labute approximate surface area is 139 Å². The third-order valence-corrected chi connectivity index (χ3v) is 4.29. The van der Waals surface area contributed by atoms with E-state index in [0.29, 0.717) is 5.56 Å². The molecular formula is C14H10FNO5S2. The highest BCUT2D eigenvalue weighted by Gasteiger charge is 2.41. The first-order valence-corrected chi connectivity index (χ1v) is 7.49. The molecule has 1 atom stereocenters. The zero-order valence-electron chi connectivity index (χ0n) is 11.4. The second-order valence-corrected chi connectivity index (χ2v) is 6.23. The predicted molar refractivity (Wildman–Crippen MR) is 85.1 cm³/mol. The number of benzene rings is 1. The zero-order chi connectivity index (χ0) is 17.1. The lowest BCUT2D eigenvalue weighted by atomic mass is 10.1. The van der Waals surface area contributed by atoms with Gasteiger partial charge in [0.15, 0.2) is 0 Å². The minimum Gasteiger partial charge on any atom is -0.481 e. The van der Waals surface area contributed by atoms with Crippen LogP contribution in [-0.4, -0.2) is 43.3 Å². The zero-order valence-corrected chi connectivity index (χ0v) is 13.1. The van der Waals surface area contributed by atoms with Crippen molar-refractivity contribution in [3.8, 4) is 0 Å². The van der Waals surface area contributed by atoms with E-state index in [2.05, 4.69) is 0 Å². The molecule has 0 spiro atoms. The Hall–Kier alpha value is -2.26. The topological polar surface area (TPSA) is 94.9 Å². The number of carboxylic acid groups (broad SMARTS) is 2. The monoisotopic (exact) mass is 355 g/mol. The van der Waals surface area contributed by atoms with Crippen molar-refractivity contribution < 1.29 is 29.0 Å². The van der Waals surface area contributed by atoms with E-state index in [4.69, 9.17) is 22.4 Å². The lowest BCUT2D eigenvalue weighted by molar-refractivity contribution is -0.150. The molecule has 0 radical (unpaired) electrons. The van der Waals surface area contributed by atoms with Crippen molar-refractivity contribution in [3.63, 3.8) is 0 Å². The largest absolute Gasteiger partial charge is 0.481 e. The maximum atomic E-state index is 12.9. The van der Waals surface area contributed by atoms with E-state index < -0.39 is 36.1 Å². The summed E-state index contributed by atoms with van der Waals surface area (Å²) in [6.07, 6.45) is 0.685. The van der Waals surface area contributed by atoms with Crippen LogP contribution in [0.15, 0.2) is 29.2 Å². The number of thiocarbonyl (C=S) groups is 1. The summed E-state index contributed by atoms with van der Waals surface area (Å²) in [6, 6.07) is 3.77. The van der Waals surface area contributed by atoms with Crippen LogP contribution in [0.3, 0.4) is 0 Å². The molecule has 0 aromatic heterocycles. The first-order chi connectivity index (χ1) is 10.8. The fourth-order valence-electron chi connectivity index (χ4n) is 1.91. The molecule has 1 aliphatic rings. The van der Waals surface area contributed by atoms with Gasteiger partial charge in [-0.3, -0.25) is 14.5 Å². The molecule has 0 saturated carbocycles. The number of thioether (sulfide) groups is 1. The van der Waals surface area contributed by atoms with Crippen LogP contribution in [0, 0.1) is 5.82 Å². The number of carbonyl (C=O) groups excluding carboxylic acids is 1. The van der Waals surface area contributed by atoms with Gasteiger partial charge >= 0.3 is 11.9 Å². The van der Waals surface area contributed by atoms with Crippen LogP contribution >= 0.6 is 24.0 Å². The number of hydrogen-bond acceptors (Lipinski definition) is 5. The molecular weight excluding hydrogens is 345 g/mol. The Balaban J connectivity index is 2.30. The van der Waals surface area contributed by atoms with Gasteiger partial charge in [0.2, 0.25) is 0 Å². The second-order valence-electron chi connectivity index (χ2n) is 4.56. The number of carbonyl (C=O) groups is 3. The van der Waals surface area contributed by atoms with Gasteiger partial charge in [-0.05, 0) is 23.8 Å². The van der Waals surface area contributed by atoms with Crippen molar-refractivity contribution in [1.82, 2.24) is 4.90 Å². The van der Waals surface area contributed by atoms with Crippen LogP contribution in [-0.2, 0) is 14.4 Å². The normalized spacial score (nSPS) is 17.6. The summed E-state index contributed by atoms with van der Waals surface area (Å²) in [5.41, 5.74) is 0.539. The Morgan fingerprint density at radius 2 is 1.91 bits per heavy atom. The van der Waals surface area contributed by atoms with Crippen LogP contribution in [0.1, 0.15) is 12.0 Å². The highest BCUT2D eigenvalue weighted by molar-refractivity contribution is 8.26. The minimum atomic E-state index is -1.57. The minimum absolute atomic E-state index is 0.0305. The van der Waals surface area contributed by atoms with Gasteiger partial charge < -0.3 is 10.2 Å². The van der Waals surface area contributed by atoms with Gasteiger partial charge in [0.1, 0.15) is 16.2 Å². The highest BCUT2D eigenvalue weighted by atomic mass is 32.2. The summed E-state index contributed by atoms with van der Waals surface area (Å²) in [4.78, 5) is 35.3. The number of carboxylic acids is 2. The van der Waals surface area contributed by atoms with Crippen LogP contribution in [0.5, 0.6) is 0 Å². The molecule has 1 fully saturated rings. The molecule has 23 heavy (non-hydrogen) atoms. The molecule has 2 rings (SSSR count). The van der Waals surface area contributed by atoms with Gasteiger partial charge in [-0.2, -0.15) is 0 Å². The summed E-state index contributed by atoms with van der Waals surface area (Å²) in [6.45, 7) is 0. The van der Waals surface area contributed by atoms with Gasteiger partial charge in [-0.25, -0.2) is 9.18 Å². The fourth-order valence-corrected chi connectivity index (χ4v) is 3.27. The second kappa shape index (κ2) is 6.88. The molecule has 1 amide bonds. The Morgan fingerprint density at radius 3 is 2.43 bits per heavy atom. The standard InChI is InChI=1S/C14H10FNO5S2/c15-8-3-1-7(2-4-8)5-10-12(19)16(14(22)23-10)9(13(20)21)6-11(17)18/h1-5,9H,6H2,(H,17,18)(H,20,21)/b10-5-/t9-/m0/s1. The molecule has 120 valence electrons. The molecule has 9 heteroatoms. The van der Waals surface area contributed by atoms with Crippen molar-refractivity contribution in [3.05, 3.63) is 40.6 Å². The first-order valence-electron chi connectivity index (χ1n) is 6.27. The number of hydrogen-bond donors (Lipinski definition) is 2. The van der Waals surface area contributed by atoms with Gasteiger partial charge in [0.05, 0.1) is 11.3 Å². The van der Waals surface area contributed by atoms with E-state index in [9.17, 15) is 18.8 Å². The van der Waals surface area contributed by atoms with Crippen molar-refractivity contribution in [2.45, 2.75) is 12.5 Å². The molecule has 1 aromatic rings. The maximum absolute atomic E-state index is 12.9. The molecule has 0 aliphatic carbocycles. The third kappa shape index (κ3) is 3.93. The summed E-state index contributed by atoms with van der Waals surface area (Å²) >= 11 is 5.86. The van der Waals surface area contributed by atoms with Crippen LogP contribution in [0.2, 0.25) is 0 Å². The summed E-state index contributed by atoms with van der Waals surface area (Å²) in [5.74, 6) is -3.92. The average Bonchev–Trinajstić information content (AvgIpc) is 2.73. The lowest BCUT2D eigenvalue weighted by Gasteiger charge is -2.21. The quantitative estimate of drug-likeness (QED) is 0.616. The molecule has 1 aliphatic heterocycles. The van der Waals surface area contributed by atoms with Gasteiger partial charge in [0, 0.05) is 0 Å². The van der Waals surface area contributed by atoms with E-state index in [1.165, 1.54) is 30.3 Å². The molecule has 0 unspecified atom stereocenters. The molecule has 0 bridgehead atoms. The molecule has 1 saturated heterocycles. The molecule has 2 N–H and O–H groups in total. The number of rotatable bonds is 5. The third-order valence-electron chi connectivity index (χ3n) is 2.96. The molecule has 1 heterocycles. The number of amides is 1. The molecule has 6 nitrogen and oxygen atoms in total. The first kappa shape index (κ1) is 17.1. The Kier molecular flexibility index (Phi) is 5.12.